The van der Waals surface area contributed by atoms with Crippen molar-refractivity contribution in [2.45, 2.75) is 25.2 Å². The maximum atomic E-state index is 13.1. The van der Waals surface area contributed by atoms with Crippen LogP contribution in [0.1, 0.15) is 35.4 Å². The zero-order valence-electron chi connectivity index (χ0n) is 18.6. The van der Waals surface area contributed by atoms with Crippen molar-refractivity contribution in [1.82, 2.24) is 4.90 Å². The highest BCUT2D eigenvalue weighted by molar-refractivity contribution is 5.47. The summed E-state index contributed by atoms with van der Waals surface area (Å²) in [6, 6.07) is 24.3. The summed E-state index contributed by atoms with van der Waals surface area (Å²) in [5.74, 6) is 1.35. The molecule has 0 amide bonds. The lowest BCUT2D eigenvalue weighted by atomic mass is 9.93. The van der Waals surface area contributed by atoms with Gasteiger partial charge in [0.1, 0.15) is 11.6 Å². The molecule has 0 bridgehead atoms. The van der Waals surface area contributed by atoms with E-state index in [0.29, 0.717) is 5.92 Å². The maximum absolute atomic E-state index is 13.1. The first-order chi connectivity index (χ1) is 15.8. The Morgan fingerprint density at radius 2 is 1.66 bits per heavy atom. The molecule has 1 atom stereocenters. The molecule has 3 aromatic rings. The summed E-state index contributed by atoms with van der Waals surface area (Å²) in [5.41, 5.74) is 5.43. The van der Waals surface area contributed by atoms with Gasteiger partial charge in [0.2, 0.25) is 0 Å². The summed E-state index contributed by atoms with van der Waals surface area (Å²) < 4.78 is 19.2. The molecule has 3 nitrogen and oxygen atoms in total. The van der Waals surface area contributed by atoms with E-state index in [2.05, 4.69) is 58.3 Å². The number of benzene rings is 3. The highest BCUT2D eigenvalue weighted by atomic mass is 19.1. The Bertz CT molecular complexity index is 1010. The van der Waals surface area contributed by atoms with E-state index in [4.69, 9.17) is 4.74 Å². The predicted molar refractivity (Wildman–Crippen MR) is 128 cm³/mol. The number of anilines is 1. The molecular weight excluding hydrogens is 399 g/mol. The first-order valence-corrected chi connectivity index (χ1v) is 11.8. The molecule has 166 valence electrons. The minimum Gasteiger partial charge on any atom is -0.494 e. The van der Waals surface area contributed by atoms with E-state index in [0.717, 1.165) is 63.6 Å². The molecule has 4 heteroatoms. The Balaban J connectivity index is 1.06. The normalized spacial score (nSPS) is 18.5. The smallest absolute Gasteiger partial charge is 0.123 e. The molecule has 5 rings (SSSR count). The number of piperazine rings is 1. The fourth-order valence-corrected chi connectivity index (χ4v) is 5.08. The van der Waals surface area contributed by atoms with Crippen LogP contribution in [-0.4, -0.2) is 44.2 Å². The Labute approximate surface area is 190 Å². The molecule has 0 spiro atoms. The number of ether oxygens (including phenoxy) is 1. The van der Waals surface area contributed by atoms with Gasteiger partial charge in [-0.3, -0.25) is 4.90 Å². The van der Waals surface area contributed by atoms with Crippen molar-refractivity contribution < 1.29 is 9.13 Å². The zero-order valence-corrected chi connectivity index (χ0v) is 18.6. The fourth-order valence-electron chi connectivity index (χ4n) is 5.08. The lowest BCUT2D eigenvalue weighted by molar-refractivity contribution is 0.224. The van der Waals surface area contributed by atoms with Gasteiger partial charge in [0.15, 0.2) is 0 Å². The summed E-state index contributed by atoms with van der Waals surface area (Å²) >= 11 is 0. The quantitative estimate of drug-likeness (QED) is 0.461. The van der Waals surface area contributed by atoms with Gasteiger partial charge in [-0.05, 0) is 72.4 Å². The largest absolute Gasteiger partial charge is 0.494 e. The van der Waals surface area contributed by atoms with Crippen molar-refractivity contribution in [2.24, 2.45) is 0 Å². The lowest BCUT2D eigenvalue weighted by Gasteiger charge is -2.36. The summed E-state index contributed by atoms with van der Waals surface area (Å²) in [5, 5.41) is 0. The standard InChI is InChI=1S/C28H31FN2O/c29-24-8-10-25(11-9-24)31-18-16-30(17-19-31)15-4-20-32-26-12-14-28-23(21-26)7-13-27(28)22-5-2-1-3-6-22/h1-3,5-6,8-12,14,21,27H,4,7,13,15-20H2. The Kier molecular flexibility index (Phi) is 6.40. The molecule has 3 aromatic carbocycles. The lowest BCUT2D eigenvalue weighted by Crippen LogP contribution is -2.46. The molecule has 1 saturated heterocycles. The number of halogens is 1. The summed E-state index contributed by atoms with van der Waals surface area (Å²) in [7, 11) is 0. The van der Waals surface area contributed by atoms with Crippen molar-refractivity contribution in [3.63, 3.8) is 0 Å². The zero-order chi connectivity index (χ0) is 21.8. The van der Waals surface area contributed by atoms with Crippen molar-refractivity contribution in [3.8, 4) is 5.75 Å². The van der Waals surface area contributed by atoms with Gasteiger partial charge in [-0.15, -0.1) is 0 Å². The van der Waals surface area contributed by atoms with Crippen molar-refractivity contribution in [2.75, 3.05) is 44.2 Å². The monoisotopic (exact) mass is 430 g/mol. The Morgan fingerprint density at radius 1 is 0.875 bits per heavy atom. The van der Waals surface area contributed by atoms with E-state index in [1.807, 2.05) is 12.1 Å². The summed E-state index contributed by atoms with van der Waals surface area (Å²) in [4.78, 5) is 4.83. The first-order valence-electron chi connectivity index (χ1n) is 11.8. The number of hydrogen-bond donors (Lipinski definition) is 0. The van der Waals surface area contributed by atoms with Gasteiger partial charge in [-0.1, -0.05) is 36.4 Å². The SMILES string of the molecule is Fc1ccc(N2CCN(CCCOc3ccc4c(c3)CCC4c3ccccc3)CC2)cc1. The van der Waals surface area contributed by atoms with Gasteiger partial charge in [0.25, 0.3) is 0 Å². The average Bonchev–Trinajstić information content (AvgIpc) is 3.27. The number of fused-ring (bicyclic) bond motifs is 1. The molecule has 0 saturated carbocycles. The van der Waals surface area contributed by atoms with Gasteiger partial charge in [-0.2, -0.15) is 0 Å². The molecule has 0 aromatic heterocycles. The average molecular weight is 431 g/mol. The van der Waals surface area contributed by atoms with Crippen LogP contribution in [-0.2, 0) is 6.42 Å². The fraction of sp³-hybridized carbons (Fsp3) is 0.357. The first kappa shape index (κ1) is 21.0. The number of nitrogens with zero attached hydrogens (tertiary/aromatic N) is 2. The number of rotatable bonds is 7. The van der Waals surface area contributed by atoms with Gasteiger partial charge in [-0.25, -0.2) is 4.39 Å². The number of hydrogen-bond acceptors (Lipinski definition) is 3. The van der Waals surface area contributed by atoms with Crippen LogP contribution in [0.2, 0.25) is 0 Å². The van der Waals surface area contributed by atoms with Gasteiger partial charge in [0, 0.05) is 44.3 Å². The molecule has 1 unspecified atom stereocenters. The van der Waals surface area contributed by atoms with Gasteiger partial charge in [0.05, 0.1) is 6.61 Å². The van der Waals surface area contributed by atoms with Crippen LogP contribution >= 0.6 is 0 Å². The minimum atomic E-state index is -0.174. The van der Waals surface area contributed by atoms with E-state index in [-0.39, 0.29) is 5.82 Å². The second-order valence-electron chi connectivity index (χ2n) is 8.87. The molecule has 1 fully saturated rings. The molecule has 32 heavy (non-hydrogen) atoms. The highest BCUT2D eigenvalue weighted by Gasteiger charge is 2.24. The minimum absolute atomic E-state index is 0.174. The third kappa shape index (κ3) is 4.81. The van der Waals surface area contributed by atoms with Crippen LogP contribution in [0.5, 0.6) is 5.75 Å². The van der Waals surface area contributed by atoms with Gasteiger partial charge >= 0.3 is 0 Å². The molecule has 0 N–H and O–H groups in total. The Hall–Kier alpha value is -2.85. The van der Waals surface area contributed by atoms with E-state index < -0.39 is 0 Å². The molecule has 0 radical (unpaired) electrons. The van der Waals surface area contributed by atoms with Crippen molar-refractivity contribution in [1.29, 1.82) is 0 Å². The van der Waals surface area contributed by atoms with Crippen LogP contribution < -0.4 is 9.64 Å². The van der Waals surface area contributed by atoms with E-state index in [1.165, 1.54) is 23.1 Å². The Morgan fingerprint density at radius 3 is 2.44 bits per heavy atom. The predicted octanol–water partition coefficient (Wildman–Crippen LogP) is 5.49. The van der Waals surface area contributed by atoms with Crippen LogP contribution in [0.15, 0.2) is 72.8 Å². The van der Waals surface area contributed by atoms with Crippen LogP contribution in [0.3, 0.4) is 0 Å². The van der Waals surface area contributed by atoms with Crippen LogP contribution in [0, 0.1) is 5.82 Å². The molecule has 1 aliphatic heterocycles. The highest BCUT2D eigenvalue weighted by Crippen LogP contribution is 2.39. The van der Waals surface area contributed by atoms with E-state index >= 15 is 0 Å². The van der Waals surface area contributed by atoms with E-state index in [9.17, 15) is 4.39 Å². The van der Waals surface area contributed by atoms with Crippen LogP contribution in [0.4, 0.5) is 10.1 Å². The molecule has 2 aliphatic rings. The molecular formula is C28H31FN2O. The second-order valence-corrected chi connectivity index (χ2v) is 8.87. The van der Waals surface area contributed by atoms with Crippen molar-refractivity contribution in [3.05, 3.63) is 95.3 Å². The third-order valence-electron chi connectivity index (χ3n) is 6.85. The number of aryl methyl sites for hydroxylation is 1. The summed E-state index contributed by atoms with van der Waals surface area (Å²) in [6.45, 7) is 5.85. The van der Waals surface area contributed by atoms with Crippen molar-refractivity contribution >= 4 is 5.69 Å². The van der Waals surface area contributed by atoms with Crippen LogP contribution in [0.25, 0.3) is 0 Å². The molecule has 1 aliphatic carbocycles. The summed E-state index contributed by atoms with van der Waals surface area (Å²) in [6.07, 6.45) is 3.34. The van der Waals surface area contributed by atoms with Gasteiger partial charge < -0.3 is 9.64 Å². The molecule has 1 heterocycles. The second kappa shape index (κ2) is 9.74. The van der Waals surface area contributed by atoms with E-state index in [1.54, 1.807) is 12.1 Å². The maximum Gasteiger partial charge on any atom is 0.123 e. The third-order valence-corrected chi connectivity index (χ3v) is 6.85. The topological polar surface area (TPSA) is 15.7 Å².